The number of hydrogen-bond donors (Lipinski definition) is 0. The molecule has 0 rings (SSSR count). The van der Waals surface area contributed by atoms with Crippen molar-refractivity contribution in [2.24, 2.45) is 5.41 Å². The van der Waals surface area contributed by atoms with E-state index < -0.39 is 6.17 Å². The van der Waals surface area contributed by atoms with Crippen LogP contribution in [0, 0.1) is 5.41 Å². The minimum atomic E-state index is -0.642. The standard InChI is InChI=1S/C13H25F/c1-5-8-10-13(4,9-6-2)11-12(14)7-3/h6,12H,2,5,7-11H2,1,3-4H3/t12-,13-/m0/s1. The third-order valence-electron chi connectivity index (χ3n) is 2.93. The molecule has 0 fully saturated rings. The highest BCUT2D eigenvalue weighted by Gasteiger charge is 2.25. The molecule has 0 spiro atoms. The summed E-state index contributed by atoms with van der Waals surface area (Å²) in [6, 6.07) is 0. The van der Waals surface area contributed by atoms with Gasteiger partial charge in [0.1, 0.15) is 6.17 Å². The number of hydrogen-bond acceptors (Lipinski definition) is 0. The maximum atomic E-state index is 13.3. The monoisotopic (exact) mass is 200 g/mol. The van der Waals surface area contributed by atoms with E-state index in [1.807, 2.05) is 13.0 Å². The lowest BCUT2D eigenvalue weighted by molar-refractivity contribution is 0.174. The average molecular weight is 200 g/mol. The molecule has 1 heteroatoms. The Labute approximate surface area is 88.6 Å². The number of rotatable bonds is 8. The van der Waals surface area contributed by atoms with Gasteiger partial charge < -0.3 is 0 Å². The smallest absolute Gasteiger partial charge is 0.100 e. The first kappa shape index (κ1) is 13.7. The summed E-state index contributed by atoms with van der Waals surface area (Å²) < 4.78 is 13.3. The molecule has 0 N–H and O–H groups in total. The molecule has 0 unspecified atom stereocenters. The second kappa shape index (κ2) is 7.03. The largest absolute Gasteiger partial charge is 0.247 e. The summed E-state index contributed by atoms with van der Waals surface area (Å²) in [5, 5.41) is 0. The molecule has 0 aliphatic rings. The van der Waals surface area contributed by atoms with Crippen molar-refractivity contribution in [3.8, 4) is 0 Å². The SMILES string of the molecule is C=CC[C@@](C)(CCCC)C[C@@H](F)CC. The Kier molecular flexibility index (Phi) is 6.86. The maximum Gasteiger partial charge on any atom is 0.100 e. The van der Waals surface area contributed by atoms with Gasteiger partial charge in [-0.2, -0.15) is 0 Å². The normalized spacial score (nSPS) is 17.4. The van der Waals surface area contributed by atoms with Crippen molar-refractivity contribution in [1.29, 1.82) is 0 Å². The Morgan fingerprint density at radius 3 is 2.50 bits per heavy atom. The highest BCUT2D eigenvalue weighted by Crippen LogP contribution is 2.35. The molecule has 2 atom stereocenters. The van der Waals surface area contributed by atoms with Crippen LogP contribution in [0.25, 0.3) is 0 Å². The van der Waals surface area contributed by atoms with Crippen LogP contribution in [-0.2, 0) is 0 Å². The first-order valence-electron chi connectivity index (χ1n) is 5.83. The second-order valence-corrected chi connectivity index (χ2v) is 4.62. The van der Waals surface area contributed by atoms with Crippen molar-refractivity contribution < 1.29 is 4.39 Å². The van der Waals surface area contributed by atoms with Gasteiger partial charge in [-0.15, -0.1) is 6.58 Å². The zero-order valence-electron chi connectivity index (χ0n) is 9.98. The molecule has 0 aliphatic heterocycles. The Bertz CT molecular complexity index is 153. The molecular weight excluding hydrogens is 175 g/mol. The lowest BCUT2D eigenvalue weighted by Gasteiger charge is -2.29. The van der Waals surface area contributed by atoms with E-state index in [1.54, 1.807) is 0 Å². The van der Waals surface area contributed by atoms with Gasteiger partial charge >= 0.3 is 0 Å². The van der Waals surface area contributed by atoms with Crippen LogP contribution in [0.3, 0.4) is 0 Å². The highest BCUT2D eigenvalue weighted by atomic mass is 19.1. The van der Waals surface area contributed by atoms with Gasteiger partial charge in [0, 0.05) is 0 Å². The van der Waals surface area contributed by atoms with Crippen LogP contribution in [0.4, 0.5) is 4.39 Å². The zero-order chi connectivity index (χ0) is 11.0. The van der Waals surface area contributed by atoms with E-state index in [0.717, 1.165) is 12.8 Å². The van der Waals surface area contributed by atoms with Crippen molar-refractivity contribution in [1.82, 2.24) is 0 Å². The molecule has 0 saturated carbocycles. The molecule has 0 nitrogen and oxygen atoms in total. The number of unbranched alkanes of at least 4 members (excludes halogenated alkanes) is 1. The van der Waals surface area contributed by atoms with Gasteiger partial charge in [0.25, 0.3) is 0 Å². The number of alkyl halides is 1. The number of allylic oxidation sites excluding steroid dienone is 1. The van der Waals surface area contributed by atoms with Gasteiger partial charge in [-0.3, -0.25) is 0 Å². The van der Waals surface area contributed by atoms with Gasteiger partial charge in [0.15, 0.2) is 0 Å². The first-order valence-corrected chi connectivity index (χ1v) is 5.83. The van der Waals surface area contributed by atoms with Gasteiger partial charge in [-0.05, 0) is 31.1 Å². The van der Waals surface area contributed by atoms with Gasteiger partial charge in [0.05, 0.1) is 0 Å². The summed E-state index contributed by atoms with van der Waals surface area (Å²) in [5.41, 5.74) is 0.132. The molecule has 0 aromatic heterocycles. The second-order valence-electron chi connectivity index (χ2n) is 4.62. The zero-order valence-corrected chi connectivity index (χ0v) is 9.98. The summed E-state index contributed by atoms with van der Waals surface area (Å²) >= 11 is 0. The Hall–Kier alpha value is -0.330. The van der Waals surface area contributed by atoms with Crippen molar-refractivity contribution in [3.63, 3.8) is 0 Å². The van der Waals surface area contributed by atoms with Crippen molar-refractivity contribution >= 4 is 0 Å². The van der Waals surface area contributed by atoms with Crippen LogP contribution in [0.1, 0.15) is 59.3 Å². The quantitative estimate of drug-likeness (QED) is 0.489. The maximum absolute atomic E-state index is 13.3. The van der Waals surface area contributed by atoms with Crippen molar-refractivity contribution in [2.45, 2.75) is 65.5 Å². The molecule has 0 bridgehead atoms. The fourth-order valence-electron chi connectivity index (χ4n) is 1.92. The van der Waals surface area contributed by atoms with Crippen molar-refractivity contribution in [3.05, 3.63) is 12.7 Å². The summed E-state index contributed by atoms with van der Waals surface area (Å²) in [4.78, 5) is 0. The van der Waals surface area contributed by atoms with Gasteiger partial charge in [0.2, 0.25) is 0 Å². The van der Waals surface area contributed by atoms with Crippen LogP contribution in [0.15, 0.2) is 12.7 Å². The first-order chi connectivity index (χ1) is 6.58. The number of halogens is 1. The third-order valence-corrected chi connectivity index (χ3v) is 2.93. The van der Waals surface area contributed by atoms with Crippen LogP contribution >= 0.6 is 0 Å². The minimum Gasteiger partial charge on any atom is -0.247 e. The molecule has 0 saturated heterocycles. The van der Waals surface area contributed by atoms with E-state index in [0.29, 0.717) is 12.8 Å². The highest BCUT2D eigenvalue weighted by molar-refractivity contribution is 4.85. The van der Waals surface area contributed by atoms with Crippen LogP contribution < -0.4 is 0 Å². The summed E-state index contributed by atoms with van der Waals surface area (Å²) in [7, 11) is 0. The van der Waals surface area contributed by atoms with E-state index in [1.165, 1.54) is 12.8 Å². The molecule has 0 aliphatic carbocycles. The van der Waals surface area contributed by atoms with E-state index in [9.17, 15) is 4.39 Å². The molecule has 0 radical (unpaired) electrons. The minimum absolute atomic E-state index is 0.132. The van der Waals surface area contributed by atoms with E-state index in [4.69, 9.17) is 0 Å². The van der Waals surface area contributed by atoms with Crippen LogP contribution in [0.5, 0.6) is 0 Å². The topological polar surface area (TPSA) is 0 Å². The van der Waals surface area contributed by atoms with Gasteiger partial charge in [-0.1, -0.05) is 39.7 Å². The van der Waals surface area contributed by atoms with Crippen LogP contribution in [-0.4, -0.2) is 6.17 Å². The van der Waals surface area contributed by atoms with Crippen LogP contribution in [0.2, 0.25) is 0 Å². The summed E-state index contributed by atoms with van der Waals surface area (Å²) in [6.45, 7) is 10.0. The van der Waals surface area contributed by atoms with E-state index >= 15 is 0 Å². The third kappa shape index (κ3) is 5.41. The molecule has 84 valence electrons. The summed E-state index contributed by atoms with van der Waals surface area (Å²) in [5.74, 6) is 0. The lowest BCUT2D eigenvalue weighted by atomic mass is 9.77. The molecule has 0 aromatic carbocycles. The molecular formula is C13H25F. The van der Waals surface area contributed by atoms with E-state index in [-0.39, 0.29) is 5.41 Å². The molecule has 14 heavy (non-hydrogen) atoms. The fraction of sp³-hybridized carbons (Fsp3) is 0.846. The fourth-order valence-corrected chi connectivity index (χ4v) is 1.92. The molecule has 0 amide bonds. The molecule has 0 aromatic rings. The Morgan fingerprint density at radius 2 is 2.07 bits per heavy atom. The Morgan fingerprint density at radius 1 is 1.43 bits per heavy atom. The van der Waals surface area contributed by atoms with E-state index in [2.05, 4.69) is 20.4 Å². The summed E-state index contributed by atoms with van der Waals surface area (Å²) in [6.07, 6.45) is 7.06. The lowest BCUT2D eigenvalue weighted by Crippen LogP contribution is -2.20. The predicted molar refractivity (Wildman–Crippen MR) is 62.3 cm³/mol. The van der Waals surface area contributed by atoms with Gasteiger partial charge in [-0.25, -0.2) is 4.39 Å². The average Bonchev–Trinajstić information content (AvgIpc) is 2.15. The van der Waals surface area contributed by atoms with Crippen molar-refractivity contribution in [2.75, 3.05) is 0 Å². The molecule has 0 heterocycles. The Balaban J connectivity index is 4.14. The predicted octanol–water partition coefficient (Wildman–Crippen LogP) is 4.90.